The van der Waals surface area contributed by atoms with E-state index in [-0.39, 0.29) is 0 Å². The zero-order valence-corrected chi connectivity index (χ0v) is 23.0. The lowest BCUT2D eigenvalue weighted by Crippen LogP contribution is -2.12. The van der Waals surface area contributed by atoms with Gasteiger partial charge in [0.2, 0.25) is 0 Å². The Morgan fingerprint density at radius 2 is 0.656 bits per heavy atom. The van der Waals surface area contributed by atoms with Crippen LogP contribution in [0, 0.1) is 0 Å². The monoisotopic (exact) mass is 449 g/mol. The van der Waals surface area contributed by atoms with Crippen LogP contribution in [-0.4, -0.2) is 25.5 Å². The van der Waals surface area contributed by atoms with Gasteiger partial charge in [-0.25, -0.2) is 0 Å². The fourth-order valence-electron chi connectivity index (χ4n) is 4.62. The molecular formula is C31H63N. The first-order chi connectivity index (χ1) is 15.8. The van der Waals surface area contributed by atoms with Gasteiger partial charge >= 0.3 is 0 Å². The summed E-state index contributed by atoms with van der Waals surface area (Å²) in [4.78, 5) is 2.30. The molecule has 0 aliphatic heterocycles. The maximum Gasteiger partial charge on any atom is -0.00248 e. The molecule has 32 heavy (non-hydrogen) atoms. The second-order valence-corrected chi connectivity index (χ2v) is 10.6. The smallest absolute Gasteiger partial charge is 0.00248 e. The lowest BCUT2D eigenvalue weighted by atomic mass is 10.0. The van der Waals surface area contributed by atoms with Gasteiger partial charge in [0.05, 0.1) is 0 Å². The van der Waals surface area contributed by atoms with Gasteiger partial charge in [-0.2, -0.15) is 0 Å². The molecule has 0 saturated carbocycles. The van der Waals surface area contributed by atoms with Gasteiger partial charge in [0.1, 0.15) is 0 Å². The van der Waals surface area contributed by atoms with Gasteiger partial charge in [0.15, 0.2) is 0 Å². The maximum absolute atomic E-state index is 2.44. The third-order valence-corrected chi connectivity index (χ3v) is 6.87. The van der Waals surface area contributed by atoms with Crippen LogP contribution in [0.25, 0.3) is 0 Å². The molecule has 0 fully saturated rings. The molecule has 0 aromatic carbocycles. The van der Waals surface area contributed by atoms with Crippen LogP contribution in [0.15, 0.2) is 12.2 Å². The van der Waals surface area contributed by atoms with Gasteiger partial charge < -0.3 is 4.90 Å². The van der Waals surface area contributed by atoms with Crippen molar-refractivity contribution in [1.29, 1.82) is 0 Å². The van der Waals surface area contributed by atoms with E-state index in [1.165, 1.54) is 167 Å². The summed E-state index contributed by atoms with van der Waals surface area (Å²) in [5.74, 6) is 0. The summed E-state index contributed by atoms with van der Waals surface area (Å²) in [5, 5.41) is 0. The average Bonchev–Trinajstić information content (AvgIpc) is 2.78. The fourth-order valence-corrected chi connectivity index (χ4v) is 4.62. The number of hydrogen-bond acceptors (Lipinski definition) is 1. The molecule has 1 nitrogen and oxygen atoms in total. The highest BCUT2D eigenvalue weighted by Gasteiger charge is 1.96. The van der Waals surface area contributed by atoms with Crippen molar-refractivity contribution in [3.8, 4) is 0 Å². The number of rotatable bonds is 27. The van der Waals surface area contributed by atoms with Gasteiger partial charge in [-0.1, -0.05) is 147 Å². The molecule has 0 aliphatic carbocycles. The number of nitrogens with zero attached hydrogens (tertiary/aromatic N) is 1. The summed E-state index contributed by atoms with van der Waals surface area (Å²) in [5.41, 5.74) is 0. The van der Waals surface area contributed by atoms with E-state index in [1.807, 2.05) is 0 Å². The van der Waals surface area contributed by atoms with Gasteiger partial charge in [-0.3, -0.25) is 0 Å². The minimum atomic E-state index is 1.26. The minimum absolute atomic E-state index is 1.26. The lowest BCUT2D eigenvalue weighted by molar-refractivity contribution is 0.389. The number of allylic oxidation sites excluding steroid dienone is 2. The fraction of sp³-hybridized carbons (Fsp3) is 0.935. The Kier molecular flexibility index (Phi) is 28.5. The van der Waals surface area contributed by atoms with Crippen LogP contribution in [0.5, 0.6) is 0 Å². The van der Waals surface area contributed by atoms with Gasteiger partial charge in [0, 0.05) is 0 Å². The quantitative estimate of drug-likeness (QED) is 0.0889. The summed E-state index contributed by atoms with van der Waals surface area (Å²) in [6.45, 7) is 3.56. The van der Waals surface area contributed by atoms with Gasteiger partial charge in [-0.15, -0.1) is 0 Å². The van der Waals surface area contributed by atoms with Gasteiger partial charge in [0.25, 0.3) is 0 Å². The highest BCUT2D eigenvalue weighted by molar-refractivity contribution is 4.81. The minimum Gasteiger partial charge on any atom is -0.309 e. The summed E-state index contributed by atoms with van der Waals surface area (Å²) >= 11 is 0. The SMILES string of the molecule is CCCCCCCCC=CCCCCCCCCCCCCCCCCCCCN(C)C. The highest BCUT2D eigenvalue weighted by Crippen LogP contribution is 2.14. The third kappa shape index (κ3) is 29.7. The molecule has 0 rings (SSSR count). The Hall–Kier alpha value is -0.300. The molecule has 0 aromatic heterocycles. The van der Waals surface area contributed by atoms with E-state index in [1.54, 1.807) is 0 Å². The molecule has 0 unspecified atom stereocenters. The summed E-state index contributed by atoms with van der Waals surface area (Å²) in [6.07, 6.45) is 40.8. The molecular weight excluding hydrogens is 386 g/mol. The van der Waals surface area contributed by atoms with Crippen molar-refractivity contribution in [3.63, 3.8) is 0 Å². The molecule has 0 aliphatic rings. The third-order valence-electron chi connectivity index (χ3n) is 6.87. The average molecular weight is 450 g/mol. The molecule has 0 heterocycles. The van der Waals surface area contributed by atoms with Crippen molar-refractivity contribution in [3.05, 3.63) is 12.2 Å². The first kappa shape index (κ1) is 31.7. The van der Waals surface area contributed by atoms with E-state index >= 15 is 0 Å². The molecule has 0 spiro atoms. The van der Waals surface area contributed by atoms with Crippen LogP contribution < -0.4 is 0 Å². The topological polar surface area (TPSA) is 3.24 Å². The van der Waals surface area contributed by atoms with Gasteiger partial charge in [-0.05, 0) is 52.7 Å². The van der Waals surface area contributed by atoms with E-state index in [0.29, 0.717) is 0 Å². The second kappa shape index (κ2) is 28.7. The zero-order valence-electron chi connectivity index (χ0n) is 23.0. The van der Waals surface area contributed by atoms with E-state index in [4.69, 9.17) is 0 Å². The Bertz CT molecular complexity index is 346. The van der Waals surface area contributed by atoms with Crippen LogP contribution in [0.1, 0.15) is 167 Å². The first-order valence-electron chi connectivity index (χ1n) is 15.1. The van der Waals surface area contributed by atoms with Crippen molar-refractivity contribution in [2.24, 2.45) is 0 Å². The van der Waals surface area contributed by atoms with Crippen molar-refractivity contribution < 1.29 is 0 Å². The van der Waals surface area contributed by atoms with E-state index in [0.717, 1.165) is 0 Å². The highest BCUT2D eigenvalue weighted by atomic mass is 15.0. The molecule has 0 N–H and O–H groups in total. The van der Waals surface area contributed by atoms with Crippen molar-refractivity contribution >= 4 is 0 Å². The molecule has 0 bridgehead atoms. The van der Waals surface area contributed by atoms with Crippen molar-refractivity contribution in [2.75, 3.05) is 20.6 Å². The normalized spacial score (nSPS) is 11.9. The van der Waals surface area contributed by atoms with Crippen LogP contribution in [0.4, 0.5) is 0 Å². The Labute approximate surface area is 205 Å². The molecule has 0 aromatic rings. The predicted octanol–water partition coefficient (Wildman–Crippen LogP) is 10.9. The molecule has 0 saturated heterocycles. The number of unbranched alkanes of at least 4 members (excludes halogenated alkanes) is 23. The Balaban J connectivity index is 3.05. The zero-order chi connectivity index (χ0) is 23.4. The second-order valence-electron chi connectivity index (χ2n) is 10.6. The first-order valence-corrected chi connectivity index (χ1v) is 15.1. The molecule has 0 amide bonds. The van der Waals surface area contributed by atoms with Crippen LogP contribution in [0.2, 0.25) is 0 Å². The van der Waals surface area contributed by atoms with E-state index < -0.39 is 0 Å². The molecule has 0 radical (unpaired) electrons. The summed E-state index contributed by atoms with van der Waals surface area (Å²) < 4.78 is 0. The van der Waals surface area contributed by atoms with Crippen LogP contribution in [-0.2, 0) is 0 Å². The van der Waals surface area contributed by atoms with Crippen LogP contribution in [0.3, 0.4) is 0 Å². The maximum atomic E-state index is 2.44. The number of hydrogen-bond donors (Lipinski definition) is 0. The van der Waals surface area contributed by atoms with Crippen molar-refractivity contribution in [2.45, 2.75) is 167 Å². The molecule has 1 heteroatoms. The van der Waals surface area contributed by atoms with E-state index in [9.17, 15) is 0 Å². The predicted molar refractivity (Wildman–Crippen MR) is 149 cm³/mol. The Morgan fingerprint density at radius 1 is 0.375 bits per heavy atom. The molecule has 0 atom stereocenters. The Morgan fingerprint density at radius 3 is 0.969 bits per heavy atom. The lowest BCUT2D eigenvalue weighted by Gasteiger charge is -2.08. The summed E-state index contributed by atoms with van der Waals surface area (Å²) in [6, 6.07) is 0. The standard InChI is InChI=1S/C31H63N/c1-4-5-6-7-8-9-10-11-12-13-14-15-16-17-18-19-20-21-22-23-24-25-26-27-28-29-30-31-32(2)3/h11-12H,4-10,13-31H2,1-3H3. The van der Waals surface area contributed by atoms with Crippen LogP contribution >= 0.6 is 0 Å². The summed E-state index contributed by atoms with van der Waals surface area (Å²) in [7, 11) is 4.36. The largest absolute Gasteiger partial charge is 0.309 e. The van der Waals surface area contributed by atoms with Crippen molar-refractivity contribution in [1.82, 2.24) is 4.90 Å². The van der Waals surface area contributed by atoms with E-state index in [2.05, 4.69) is 38.1 Å². The molecule has 192 valence electrons.